The van der Waals surface area contributed by atoms with Gasteiger partial charge in [0, 0.05) is 23.7 Å². The number of hydrogen-bond acceptors (Lipinski definition) is 6. The number of anilines is 1. The molecule has 9 heteroatoms. The smallest absolute Gasteiger partial charge is 0.264 e. The molecule has 2 aliphatic heterocycles. The Bertz CT molecular complexity index is 1390. The summed E-state index contributed by atoms with van der Waals surface area (Å²) in [5, 5.41) is 11.7. The van der Waals surface area contributed by atoms with E-state index in [9.17, 15) is 18.3 Å². The van der Waals surface area contributed by atoms with Crippen LogP contribution in [-0.4, -0.2) is 43.4 Å². The van der Waals surface area contributed by atoms with E-state index < -0.39 is 26.8 Å². The van der Waals surface area contributed by atoms with Crippen LogP contribution >= 0.6 is 11.6 Å². The number of fused-ring (bicyclic) bond motifs is 3. The summed E-state index contributed by atoms with van der Waals surface area (Å²) in [6.45, 7) is 5.05. The minimum Gasteiger partial charge on any atom is -0.487 e. The van der Waals surface area contributed by atoms with Gasteiger partial charge in [-0.2, -0.15) is 0 Å². The van der Waals surface area contributed by atoms with Gasteiger partial charge in [0.2, 0.25) is 10.0 Å². The first kappa shape index (κ1) is 29.0. The Labute approximate surface area is 242 Å². The number of carbonyl (C=O) groups excluding carboxylic acids is 1. The summed E-state index contributed by atoms with van der Waals surface area (Å²) in [5.41, 5.74) is 3.28. The van der Waals surface area contributed by atoms with E-state index >= 15 is 0 Å². The molecule has 0 aromatic heterocycles. The molecular weight excluding hydrogens is 548 g/mol. The van der Waals surface area contributed by atoms with Crippen LogP contribution in [0.1, 0.15) is 73.9 Å². The third kappa shape index (κ3) is 6.19. The highest BCUT2D eigenvalue weighted by Gasteiger charge is 2.38. The lowest BCUT2D eigenvalue weighted by Crippen LogP contribution is -2.45. The lowest BCUT2D eigenvalue weighted by atomic mass is 9.69. The number of nitrogens with zero attached hydrogens (tertiary/aromatic N) is 1. The molecule has 40 heavy (non-hydrogen) atoms. The van der Waals surface area contributed by atoms with Crippen molar-refractivity contribution in [2.75, 3.05) is 18.0 Å². The molecule has 2 N–H and O–H groups in total. The minimum atomic E-state index is -3.98. The van der Waals surface area contributed by atoms with Gasteiger partial charge in [0.05, 0.1) is 16.5 Å². The molecule has 3 aliphatic rings. The molecule has 1 fully saturated rings. The third-order valence-electron chi connectivity index (χ3n) is 8.77. The second kappa shape index (κ2) is 11.7. The molecule has 2 aromatic carbocycles. The second-order valence-electron chi connectivity index (χ2n) is 12.0. The van der Waals surface area contributed by atoms with Crippen LogP contribution in [0.5, 0.6) is 5.75 Å². The Kier molecular flexibility index (Phi) is 8.50. The number of sulfonamides is 1. The maximum atomic E-state index is 13.3. The molecule has 1 saturated carbocycles. The van der Waals surface area contributed by atoms with Crippen molar-refractivity contribution in [1.29, 1.82) is 0 Å². The third-order valence-corrected chi connectivity index (χ3v) is 11.1. The van der Waals surface area contributed by atoms with E-state index in [-0.39, 0.29) is 17.9 Å². The number of hydrogen-bond donors (Lipinski definition) is 2. The quantitative estimate of drug-likeness (QED) is 0.388. The van der Waals surface area contributed by atoms with Crippen molar-refractivity contribution in [3.8, 4) is 5.75 Å². The first-order valence-corrected chi connectivity index (χ1v) is 16.1. The Hall–Kier alpha value is -2.55. The highest BCUT2D eigenvalue weighted by Crippen LogP contribution is 2.41. The standard InChI is InChI=1S/C31H39ClN2O5S/c1-31(2)15-5-3-8-28(35)26-13-10-23(26)19-34-16-6-4-7-21-17-25(32)12-9-24(21)20-39-29-14-11-22(18-27(29)34)30(36)33-40(31,37)38/h3,5,9,11-12,14,17-18,23,26,28,35H,4,6-8,10,13,15-16,19-20H2,1-2H3,(H,33,36)/b5-3-/t23-,26+,28-/m0/s1. The number of carbonyl (C=O) groups is 1. The van der Waals surface area contributed by atoms with Crippen molar-refractivity contribution in [2.45, 2.75) is 76.3 Å². The molecule has 216 valence electrons. The van der Waals surface area contributed by atoms with Crippen molar-refractivity contribution in [3.05, 3.63) is 70.3 Å². The number of amides is 1. The molecule has 0 radical (unpaired) electrons. The minimum absolute atomic E-state index is 0.176. The Morgan fingerprint density at radius 1 is 1.07 bits per heavy atom. The molecule has 7 nitrogen and oxygen atoms in total. The summed E-state index contributed by atoms with van der Waals surface area (Å²) in [5.74, 6) is 0.482. The van der Waals surface area contributed by atoms with Crippen LogP contribution in [0, 0.1) is 11.8 Å². The van der Waals surface area contributed by atoms with E-state index in [1.807, 2.05) is 24.3 Å². The number of benzene rings is 2. The topological polar surface area (TPSA) is 95.9 Å². The lowest BCUT2D eigenvalue weighted by molar-refractivity contribution is 0.0180. The molecule has 2 heterocycles. The fourth-order valence-corrected chi connectivity index (χ4v) is 7.05. The number of aliphatic hydroxyl groups excluding tert-OH is 1. The molecular formula is C31H39ClN2O5S. The zero-order valence-electron chi connectivity index (χ0n) is 23.2. The molecule has 0 saturated heterocycles. The average molecular weight is 587 g/mol. The van der Waals surface area contributed by atoms with Crippen LogP contribution in [0.15, 0.2) is 48.6 Å². The van der Waals surface area contributed by atoms with Gasteiger partial charge < -0.3 is 14.7 Å². The van der Waals surface area contributed by atoms with Gasteiger partial charge in [0.25, 0.3) is 5.91 Å². The van der Waals surface area contributed by atoms with Gasteiger partial charge in [-0.15, -0.1) is 0 Å². The maximum Gasteiger partial charge on any atom is 0.264 e. The van der Waals surface area contributed by atoms with Crippen LogP contribution < -0.4 is 14.4 Å². The van der Waals surface area contributed by atoms with Gasteiger partial charge in [-0.05, 0) is 112 Å². The molecule has 0 unspecified atom stereocenters. The van der Waals surface area contributed by atoms with Crippen molar-refractivity contribution in [2.24, 2.45) is 11.8 Å². The highest BCUT2D eigenvalue weighted by atomic mass is 35.5. The Morgan fingerprint density at radius 3 is 2.67 bits per heavy atom. The van der Waals surface area contributed by atoms with Gasteiger partial charge in [0.1, 0.15) is 12.4 Å². The summed E-state index contributed by atoms with van der Waals surface area (Å²) in [7, 11) is -3.98. The average Bonchev–Trinajstić information content (AvgIpc) is 2.91. The van der Waals surface area contributed by atoms with Crippen LogP contribution in [0.3, 0.4) is 0 Å². The monoisotopic (exact) mass is 586 g/mol. The van der Waals surface area contributed by atoms with E-state index in [4.69, 9.17) is 16.3 Å². The van der Waals surface area contributed by atoms with Crippen LogP contribution in [0.25, 0.3) is 0 Å². The van der Waals surface area contributed by atoms with E-state index in [0.29, 0.717) is 29.7 Å². The van der Waals surface area contributed by atoms with Crippen LogP contribution in [0.2, 0.25) is 5.02 Å². The molecule has 2 aromatic rings. The normalized spacial score (nSPS) is 27.4. The molecule has 1 amide bonds. The fraction of sp³-hybridized carbons (Fsp3) is 0.516. The number of aryl methyl sites for hydroxylation is 1. The second-order valence-corrected chi connectivity index (χ2v) is 14.7. The zero-order valence-corrected chi connectivity index (χ0v) is 24.8. The van der Waals surface area contributed by atoms with Gasteiger partial charge in [-0.3, -0.25) is 4.79 Å². The van der Waals surface area contributed by atoms with Crippen LogP contribution in [-0.2, 0) is 23.1 Å². The number of ether oxygens (including phenoxy) is 1. The first-order chi connectivity index (χ1) is 19.0. The summed E-state index contributed by atoms with van der Waals surface area (Å²) < 4.78 is 33.8. The Morgan fingerprint density at radius 2 is 1.90 bits per heavy atom. The largest absolute Gasteiger partial charge is 0.487 e. The number of rotatable bonds is 0. The van der Waals surface area contributed by atoms with Gasteiger partial charge in [-0.25, -0.2) is 13.1 Å². The summed E-state index contributed by atoms with van der Waals surface area (Å²) >= 11 is 6.29. The predicted octanol–water partition coefficient (Wildman–Crippen LogP) is 5.64. The van der Waals surface area contributed by atoms with Gasteiger partial charge in [0.15, 0.2) is 0 Å². The Balaban J connectivity index is 1.54. The van der Waals surface area contributed by atoms with E-state index in [1.54, 1.807) is 38.1 Å². The molecule has 5 rings (SSSR count). The molecule has 1 aliphatic carbocycles. The van der Waals surface area contributed by atoms with E-state index in [0.717, 1.165) is 56.4 Å². The highest BCUT2D eigenvalue weighted by molar-refractivity contribution is 7.91. The summed E-state index contributed by atoms with van der Waals surface area (Å²) in [4.78, 5) is 15.5. The molecule has 0 spiro atoms. The predicted molar refractivity (Wildman–Crippen MR) is 158 cm³/mol. The molecule has 3 atom stereocenters. The number of halogens is 1. The van der Waals surface area contributed by atoms with Gasteiger partial charge >= 0.3 is 0 Å². The summed E-state index contributed by atoms with van der Waals surface area (Å²) in [6.07, 6.45) is 8.69. The number of allylic oxidation sites excluding steroid dienone is 1. The maximum absolute atomic E-state index is 13.3. The SMILES string of the molecule is CC1(C)C/C=C\C[C@H](O)[C@@H]2CC[C@H]2CN2CCCCc3cc(Cl)ccc3COc3ccc(cc32)C(=O)NS1(=O)=O. The molecule has 2 bridgehead atoms. The summed E-state index contributed by atoms with van der Waals surface area (Å²) in [6, 6.07) is 11.0. The van der Waals surface area contributed by atoms with E-state index in [1.165, 1.54) is 5.56 Å². The fourth-order valence-electron chi connectivity index (χ4n) is 5.90. The van der Waals surface area contributed by atoms with Gasteiger partial charge in [-0.1, -0.05) is 29.8 Å². The van der Waals surface area contributed by atoms with Crippen molar-refractivity contribution < 1.29 is 23.1 Å². The number of aliphatic hydroxyl groups is 1. The van der Waals surface area contributed by atoms with Crippen LogP contribution in [0.4, 0.5) is 5.69 Å². The number of nitrogens with one attached hydrogen (secondary N) is 1. The first-order valence-electron chi connectivity index (χ1n) is 14.2. The zero-order chi connectivity index (χ0) is 28.5. The lowest BCUT2D eigenvalue weighted by Gasteiger charge is -2.43. The van der Waals surface area contributed by atoms with Crippen molar-refractivity contribution in [1.82, 2.24) is 4.72 Å². The van der Waals surface area contributed by atoms with Crippen molar-refractivity contribution >= 4 is 33.2 Å². The van der Waals surface area contributed by atoms with E-state index in [2.05, 4.69) is 9.62 Å². The van der Waals surface area contributed by atoms with Crippen molar-refractivity contribution in [3.63, 3.8) is 0 Å².